The maximum atomic E-state index is 5.50. The highest BCUT2D eigenvalue weighted by molar-refractivity contribution is 5.79. The summed E-state index contributed by atoms with van der Waals surface area (Å²) in [6.07, 6.45) is 4.57. The van der Waals surface area contributed by atoms with Gasteiger partial charge in [-0.05, 0) is 43.4 Å². The molecule has 1 aliphatic carbocycles. The molecule has 1 aromatic heterocycles. The van der Waals surface area contributed by atoms with Crippen LogP contribution in [0, 0.1) is 5.92 Å². The van der Waals surface area contributed by atoms with Gasteiger partial charge in [0.15, 0.2) is 5.96 Å². The lowest BCUT2D eigenvalue weighted by molar-refractivity contribution is 0.181. The third-order valence-electron chi connectivity index (χ3n) is 5.56. The van der Waals surface area contributed by atoms with Crippen LogP contribution >= 0.6 is 0 Å². The number of guanidine groups is 1. The van der Waals surface area contributed by atoms with Crippen LogP contribution in [-0.2, 0) is 24.1 Å². The Labute approximate surface area is 161 Å². The topological polar surface area (TPSA) is 54.7 Å². The second kappa shape index (κ2) is 8.13. The SMILES string of the molecule is CN=C(NCc1nn(-c2ccccc2)c2c1CCC2)N(C)CC1CCOC1. The van der Waals surface area contributed by atoms with Crippen LogP contribution in [0.1, 0.15) is 29.8 Å². The van der Waals surface area contributed by atoms with E-state index < -0.39 is 0 Å². The van der Waals surface area contributed by atoms with Crippen LogP contribution in [0.5, 0.6) is 0 Å². The largest absolute Gasteiger partial charge is 0.381 e. The molecule has 4 rings (SSSR count). The number of ether oxygens (including phenoxy) is 1. The summed E-state index contributed by atoms with van der Waals surface area (Å²) in [7, 11) is 3.94. The van der Waals surface area contributed by atoms with Crippen molar-refractivity contribution >= 4 is 5.96 Å². The van der Waals surface area contributed by atoms with Gasteiger partial charge in [-0.1, -0.05) is 18.2 Å². The van der Waals surface area contributed by atoms with Crippen molar-refractivity contribution in [3.63, 3.8) is 0 Å². The minimum atomic E-state index is 0.593. The molecular weight excluding hydrogens is 338 g/mol. The van der Waals surface area contributed by atoms with Crippen molar-refractivity contribution in [1.82, 2.24) is 20.0 Å². The van der Waals surface area contributed by atoms with Gasteiger partial charge in [-0.2, -0.15) is 5.10 Å². The third-order valence-corrected chi connectivity index (χ3v) is 5.56. The standard InChI is InChI=1S/C21H29N5O/c1-22-21(25(2)14-16-11-12-27-15-16)23-13-19-18-9-6-10-20(18)26(24-19)17-7-4-3-5-8-17/h3-5,7-8,16H,6,9-15H2,1-2H3,(H,22,23). The molecule has 0 radical (unpaired) electrons. The number of fused-ring (bicyclic) bond motifs is 1. The predicted octanol–water partition coefficient (Wildman–Crippen LogP) is 2.40. The molecule has 27 heavy (non-hydrogen) atoms. The van der Waals surface area contributed by atoms with E-state index in [-0.39, 0.29) is 0 Å². The maximum absolute atomic E-state index is 5.50. The molecule has 1 unspecified atom stereocenters. The average Bonchev–Trinajstić information content (AvgIpc) is 3.42. The monoisotopic (exact) mass is 367 g/mol. The number of hydrogen-bond acceptors (Lipinski definition) is 3. The molecule has 1 fully saturated rings. The first-order chi connectivity index (χ1) is 13.3. The van der Waals surface area contributed by atoms with Crippen molar-refractivity contribution in [2.24, 2.45) is 10.9 Å². The second-order valence-corrected chi connectivity index (χ2v) is 7.48. The zero-order valence-corrected chi connectivity index (χ0v) is 16.3. The minimum absolute atomic E-state index is 0.593. The minimum Gasteiger partial charge on any atom is -0.381 e. The van der Waals surface area contributed by atoms with Crippen LogP contribution in [0.3, 0.4) is 0 Å². The summed E-state index contributed by atoms with van der Waals surface area (Å²) >= 11 is 0. The Bertz CT molecular complexity index is 792. The smallest absolute Gasteiger partial charge is 0.193 e. The molecule has 0 bridgehead atoms. The lowest BCUT2D eigenvalue weighted by Crippen LogP contribution is -2.41. The van der Waals surface area contributed by atoms with Gasteiger partial charge in [-0.3, -0.25) is 4.99 Å². The number of benzene rings is 1. The molecule has 0 saturated carbocycles. The number of aromatic nitrogens is 2. The van der Waals surface area contributed by atoms with Crippen LogP contribution < -0.4 is 5.32 Å². The molecule has 1 aromatic carbocycles. The first-order valence-corrected chi connectivity index (χ1v) is 9.91. The molecule has 2 heterocycles. The number of para-hydroxylation sites is 1. The van der Waals surface area contributed by atoms with Crippen LogP contribution in [0.4, 0.5) is 0 Å². The van der Waals surface area contributed by atoms with Gasteiger partial charge in [0.05, 0.1) is 24.5 Å². The Kier molecular flexibility index (Phi) is 5.43. The highest BCUT2D eigenvalue weighted by atomic mass is 16.5. The number of nitrogens with zero attached hydrogens (tertiary/aromatic N) is 4. The van der Waals surface area contributed by atoms with Gasteiger partial charge < -0.3 is 15.0 Å². The molecule has 144 valence electrons. The predicted molar refractivity (Wildman–Crippen MR) is 107 cm³/mol. The second-order valence-electron chi connectivity index (χ2n) is 7.48. The molecule has 0 amide bonds. The summed E-state index contributed by atoms with van der Waals surface area (Å²) in [6, 6.07) is 10.4. The quantitative estimate of drug-likeness (QED) is 0.651. The highest BCUT2D eigenvalue weighted by Gasteiger charge is 2.24. The van der Waals surface area contributed by atoms with Crippen molar-refractivity contribution in [3.8, 4) is 5.69 Å². The molecule has 0 spiro atoms. The van der Waals surface area contributed by atoms with Crippen molar-refractivity contribution in [3.05, 3.63) is 47.3 Å². The van der Waals surface area contributed by atoms with E-state index in [2.05, 4.69) is 51.2 Å². The zero-order chi connectivity index (χ0) is 18.6. The molecular formula is C21H29N5O. The number of hydrogen-bond donors (Lipinski definition) is 1. The molecule has 6 heteroatoms. The highest BCUT2D eigenvalue weighted by Crippen LogP contribution is 2.27. The Morgan fingerprint density at radius 3 is 2.93 bits per heavy atom. The zero-order valence-electron chi connectivity index (χ0n) is 16.3. The molecule has 1 atom stereocenters. The lowest BCUT2D eigenvalue weighted by atomic mass is 10.1. The van der Waals surface area contributed by atoms with Crippen LogP contribution in [0.25, 0.3) is 5.69 Å². The van der Waals surface area contributed by atoms with E-state index in [4.69, 9.17) is 9.84 Å². The number of rotatable bonds is 5. The fourth-order valence-corrected chi connectivity index (χ4v) is 4.19. The van der Waals surface area contributed by atoms with Gasteiger partial charge in [0, 0.05) is 38.9 Å². The Morgan fingerprint density at radius 1 is 1.33 bits per heavy atom. The summed E-state index contributed by atoms with van der Waals surface area (Å²) in [4.78, 5) is 6.66. The molecule has 2 aromatic rings. The Morgan fingerprint density at radius 2 is 2.19 bits per heavy atom. The summed E-state index contributed by atoms with van der Waals surface area (Å²) < 4.78 is 7.62. The van der Waals surface area contributed by atoms with E-state index in [1.54, 1.807) is 0 Å². The van der Waals surface area contributed by atoms with Gasteiger partial charge in [0.2, 0.25) is 0 Å². The van der Waals surface area contributed by atoms with Crippen molar-refractivity contribution in [2.45, 2.75) is 32.2 Å². The fourth-order valence-electron chi connectivity index (χ4n) is 4.19. The van der Waals surface area contributed by atoms with Crippen molar-refractivity contribution in [1.29, 1.82) is 0 Å². The van der Waals surface area contributed by atoms with E-state index >= 15 is 0 Å². The summed E-state index contributed by atoms with van der Waals surface area (Å²) in [6.45, 7) is 3.42. The number of nitrogens with one attached hydrogen (secondary N) is 1. The molecule has 2 aliphatic rings. The summed E-state index contributed by atoms with van der Waals surface area (Å²) in [5.41, 5.74) is 5.06. The van der Waals surface area contributed by atoms with E-state index in [0.29, 0.717) is 12.5 Å². The van der Waals surface area contributed by atoms with Crippen LogP contribution in [0.15, 0.2) is 35.3 Å². The number of aliphatic imine (C=N–C) groups is 1. The normalized spacial score (nSPS) is 19.3. The van der Waals surface area contributed by atoms with Gasteiger partial charge in [-0.25, -0.2) is 4.68 Å². The average molecular weight is 367 g/mol. The Hall–Kier alpha value is -2.34. The van der Waals surface area contributed by atoms with Gasteiger partial charge in [0.1, 0.15) is 0 Å². The van der Waals surface area contributed by atoms with Gasteiger partial charge >= 0.3 is 0 Å². The maximum Gasteiger partial charge on any atom is 0.193 e. The van der Waals surface area contributed by atoms with Gasteiger partial charge in [-0.15, -0.1) is 0 Å². The summed E-state index contributed by atoms with van der Waals surface area (Å²) in [5, 5.41) is 8.44. The van der Waals surface area contributed by atoms with E-state index in [0.717, 1.165) is 56.4 Å². The van der Waals surface area contributed by atoms with Crippen molar-refractivity contribution in [2.75, 3.05) is 33.9 Å². The van der Waals surface area contributed by atoms with Crippen LogP contribution in [-0.4, -0.2) is 54.5 Å². The van der Waals surface area contributed by atoms with Crippen molar-refractivity contribution < 1.29 is 4.74 Å². The molecule has 1 N–H and O–H groups in total. The fraction of sp³-hybridized carbons (Fsp3) is 0.524. The van der Waals surface area contributed by atoms with E-state index in [9.17, 15) is 0 Å². The van der Waals surface area contributed by atoms with Gasteiger partial charge in [0.25, 0.3) is 0 Å². The molecule has 6 nitrogen and oxygen atoms in total. The Balaban J connectivity index is 1.46. The first-order valence-electron chi connectivity index (χ1n) is 9.91. The molecule has 1 aliphatic heterocycles. The van der Waals surface area contributed by atoms with E-state index in [1.807, 2.05) is 13.1 Å². The third kappa shape index (κ3) is 3.86. The van der Waals surface area contributed by atoms with E-state index in [1.165, 1.54) is 17.7 Å². The molecule has 1 saturated heterocycles. The lowest BCUT2D eigenvalue weighted by Gasteiger charge is -2.24. The van der Waals surface area contributed by atoms with Crippen LogP contribution in [0.2, 0.25) is 0 Å². The summed E-state index contributed by atoms with van der Waals surface area (Å²) in [5.74, 6) is 1.51. The first kappa shape index (κ1) is 18.0.